The number of allylic oxidation sites excluding steroid dienone is 4. The summed E-state index contributed by atoms with van der Waals surface area (Å²) in [6.07, 6.45) is 8.55. The minimum Gasteiger partial charge on any atom is -0.505 e. The van der Waals surface area contributed by atoms with Crippen molar-refractivity contribution in [3.8, 4) is 0 Å². The largest absolute Gasteiger partial charge is 0.505 e. The number of carbonyl (C=O) groups excluding carboxylic acids is 2. The number of aliphatic hydroxyl groups is 2. The Hall–Kier alpha value is -2.66. The fraction of sp³-hybridized carbons (Fsp3) is 0.600. The summed E-state index contributed by atoms with van der Waals surface area (Å²) < 4.78 is 9.61. The summed E-state index contributed by atoms with van der Waals surface area (Å²) >= 11 is 0. The number of nitrogens with zero attached hydrogens (tertiary/aromatic N) is 2. The van der Waals surface area contributed by atoms with Gasteiger partial charge < -0.3 is 19.7 Å². The maximum absolute atomic E-state index is 11.3. The first kappa shape index (κ1) is 25.3. The highest BCUT2D eigenvalue weighted by Gasteiger charge is 2.21. The van der Waals surface area contributed by atoms with Crippen LogP contribution in [-0.2, 0) is 19.1 Å². The highest BCUT2D eigenvalue weighted by Crippen LogP contribution is 2.16. The molecule has 0 aromatic rings. The lowest BCUT2D eigenvalue weighted by Gasteiger charge is -2.03. The highest BCUT2D eigenvalue weighted by molar-refractivity contribution is 5.69. The number of aliphatic hydroxyl groups excluding tert-OH is 2. The molecule has 0 aromatic heterocycles. The summed E-state index contributed by atoms with van der Waals surface area (Å²) in [5, 5.41) is 28.8. The van der Waals surface area contributed by atoms with E-state index in [1.165, 1.54) is 6.08 Å². The molecule has 0 radical (unpaired) electrons. The number of ether oxygens (including phenoxy) is 2. The second kappa shape index (κ2) is 16.5. The minimum atomic E-state index is -0.965. The fourth-order valence-corrected chi connectivity index (χ4v) is 2.22. The molecule has 0 amide bonds. The van der Waals surface area contributed by atoms with Crippen molar-refractivity contribution in [3.63, 3.8) is 0 Å². The Labute approximate surface area is 166 Å². The Bertz CT molecular complexity index is 604. The lowest BCUT2D eigenvalue weighted by Crippen LogP contribution is -2.07. The van der Waals surface area contributed by atoms with Crippen LogP contribution in [0.25, 0.3) is 4.98 Å². The van der Waals surface area contributed by atoms with E-state index >= 15 is 0 Å². The van der Waals surface area contributed by atoms with Crippen LogP contribution in [0.3, 0.4) is 0 Å². The summed E-state index contributed by atoms with van der Waals surface area (Å²) in [6.45, 7) is 4.11. The predicted octanol–water partition coefficient (Wildman–Crippen LogP) is 3.94. The van der Waals surface area contributed by atoms with Crippen LogP contribution in [0.2, 0.25) is 0 Å². The molecule has 156 valence electrons. The summed E-state index contributed by atoms with van der Waals surface area (Å²) in [6, 6.07) is 0. The predicted molar refractivity (Wildman–Crippen MR) is 105 cm³/mol. The molecule has 0 saturated heterocycles. The Morgan fingerprint density at radius 1 is 1.04 bits per heavy atom. The summed E-state index contributed by atoms with van der Waals surface area (Å²) in [4.78, 5) is 25.4. The van der Waals surface area contributed by atoms with E-state index in [1.807, 2.05) is 6.08 Å². The molecule has 28 heavy (non-hydrogen) atoms. The second-order valence-corrected chi connectivity index (χ2v) is 5.93. The lowest BCUT2D eigenvalue weighted by molar-refractivity contribution is -0.144. The first-order valence-electron chi connectivity index (χ1n) is 9.53. The third kappa shape index (κ3) is 13.5. The zero-order chi connectivity index (χ0) is 21.2. The molecule has 0 aromatic carbocycles. The quantitative estimate of drug-likeness (QED) is 0.150. The maximum atomic E-state index is 11.3. The number of unbranched alkanes of at least 4 members (excludes halogenated alkanes) is 2. The van der Waals surface area contributed by atoms with Crippen molar-refractivity contribution in [1.82, 2.24) is 0 Å². The van der Waals surface area contributed by atoms with Crippen molar-refractivity contribution in [2.24, 2.45) is 0 Å². The standard InChI is InChI=1S/C20H30N2O6/c1-3-27-19(25)12-10-8-6-5-7-9-11-16(23)15-18(24)17(22-21)13-14-20(26)28-4-2/h5,7,9,11,16,23H,3-4,6,8,10,12-15H2,1-2H3/p+1/b7-5-,11-9+,18-17+. The molecule has 0 aliphatic rings. The molecule has 1 unspecified atom stereocenters. The van der Waals surface area contributed by atoms with E-state index in [-0.39, 0.29) is 43.3 Å². The third-order valence-electron chi connectivity index (χ3n) is 3.62. The second-order valence-electron chi connectivity index (χ2n) is 5.93. The van der Waals surface area contributed by atoms with Gasteiger partial charge in [0.05, 0.1) is 32.2 Å². The Morgan fingerprint density at radius 3 is 2.29 bits per heavy atom. The molecular weight excluding hydrogens is 364 g/mol. The highest BCUT2D eigenvalue weighted by atomic mass is 16.5. The molecule has 0 aliphatic heterocycles. The van der Waals surface area contributed by atoms with Gasteiger partial charge in [0.1, 0.15) is 0 Å². The normalized spacial score (nSPS) is 13.2. The van der Waals surface area contributed by atoms with E-state index in [0.29, 0.717) is 13.0 Å². The molecule has 0 spiro atoms. The van der Waals surface area contributed by atoms with E-state index in [2.05, 4.69) is 4.98 Å². The first-order chi connectivity index (χ1) is 13.4. The van der Waals surface area contributed by atoms with Gasteiger partial charge in [-0.15, -0.1) is 0 Å². The van der Waals surface area contributed by atoms with Crippen LogP contribution < -0.4 is 0 Å². The van der Waals surface area contributed by atoms with Crippen molar-refractivity contribution in [3.05, 3.63) is 40.7 Å². The summed E-state index contributed by atoms with van der Waals surface area (Å²) in [5.41, 5.74) is -0.0577. The Balaban J connectivity index is 4.21. The summed E-state index contributed by atoms with van der Waals surface area (Å²) in [7, 11) is 0. The molecule has 0 fully saturated rings. The van der Waals surface area contributed by atoms with E-state index in [9.17, 15) is 19.8 Å². The van der Waals surface area contributed by atoms with Crippen molar-refractivity contribution in [2.45, 2.75) is 64.9 Å². The number of hydrogen-bond acceptors (Lipinski definition) is 7. The van der Waals surface area contributed by atoms with Gasteiger partial charge in [0.25, 0.3) is 0 Å². The smallest absolute Gasteiger partial charge is 0.399 e. The topological polar surface area (TPSA) is 121 Å². The molecule has 0 aliphatic carbocycles. The van der Waals surface area contributed by atoms with E-state index < -0.39 is 12.1 Å². The SMILES string of the molecule is CCOC(=O)CCCC/C=C\C=C\C(O)C/C(O)=C(/CCC(=O)OCC)[N+]#N. The number of carbonyl (C=O) groups is 2. The van der Waals surface area contributed by atoms with Crippen LogP contribution in [0.5, 0.6) is 0 Å². The van der Waals surface area contributed by atoms with Crippen molar-refractivity contribution >= 4 is 11.9 Å². The zero-order valence-electron chi connectivity index (χ0n) is 16.7. The van der Waals surface area contributed by atoms with Gasteiger partial charge >= 0.3 is 17.6 Å². The van der Waals surface area contributed by atoms with Crippen LogP contribution >= 0.6 is 0 Å². The summed E-state index contributed by atoms with van der Waals surface area (Å²) in [5.74, 6) is -0.922. The maximum Gasteiger partial charge on any atom is 0.399 e. The van der Waals surface area contributed by atoms with Crippen molar-refractivity contribution in [1.29, 1.82) is 5.39 Å². The molecule has 0 rings (SSSR count). The van der Waals surface area contributed by atoms with Gasteiger partial charge in [0.15, 0.2) is 10.7 Å². The first-order valence-corrected chi connectivity index (χ1v) is 9.53. The number of hydrogen-bond donors (Lipinski definition) is 2. The van der Waals surface area contributed by atoms with Crippen LogP contribution in [0.15, 0.2) is 35.8 Å². The van der Waals surface area contributed by atoms with Gasteiger partial charge in [-0.25, -0.2) is 0 Å². The average molecular weight is 395 g/mol. The van der Waals surface area contributed by atoms with Crippen LogP contribution in [0.1, 0.15) is 58.8 Å². The van der Waals surface area contributed by atoms with Crippen molar-refractivity contribution < 1.29 is 29.3 Å². The molecule has 0 saturated carbocycles. The number of rotatable bonds is 14. The van der Waals surface area contributed by atoms with Crippen LogP contribution in [0, 0.1) is 5.39 Å². The van der Waals surface area contributed by atoms with Crippen LogP contribution in [-0.4, -0.2) is 41.5 Å². The Kier molecular flexibility index (Phi) is 14.9. The van der Waals surface area contributed by atoms with Crippen molar-refractivity contribution in [2.75, 3.05) is 13.2 Å². The zero-order valence-corrected chi connectivity index (χ0v) is 16.7. The molecule has 8 nitrogen and oxygen atoms in total. The molecule has 2 N–H and O–H groups in total. The molecule has 1 atom stereocenters. The number of esters is 2. The fourth-order valence-electron chi connectivity index (χ4n) is 2.22. The van der Waals surface area contributed by atoms with Gasteiger partial charge in [-0.3, -0.25) is 9.59 Å². The van der Waals surface area contributed by atoms with Gasteiger partial charge in [0.2, 0.25) is 5.39 Å². The minimum absolute atomic E-state index is 0.0172. The molecular formula is C20H31N2O6+. The van der Waals surface area contributed by atoms with Crippen LogP contribution in [0.4, 0.5) is 0 Å². The van der Waals surface area contributed by atoms with E-state index in [4.69, 9.17) is 14.9 Å². The van der Waals surface area contributed by atoms with Gasteiger partial charge in [0, 0.05) is 12.8 Å². The van der Waals surface area contributed by atoms with E-state index in [1.54, 1.807) is 26.0 Å². The monoisotopic (exact) mass is 395 g/mol. The van der Waals surface area contributed by atoms with Gasteiger partial charge in [-0.05, 0) is 33.1 Å². The molecule has 8 heteroatoms. The molecule has 0 bridgehead atoms. The third-order valence-corrected chi connectivity index (χ3v) is 3.62. The average Bonchev–Trinajstić information content (AvgIpc) is 2.64. The van der Waals surface area contributed by atoms with Gasteiger partial charge in [-0.2, -0.15) is 0 Å². The van der Waals surface area contributed by atoms with E-state index in [0.717, 1.165) is 19.3 Å². The van der Waals surface area contributed by atoms with Gasteiger partial charge in [-0.1, -0.05) is 24.3 Å². The Morgan fingerprint density at radius 2 is 1.68 bits per heavy atom. The lowest BCUT2D eigenvalue weighted by atomic mass is 10.1. The number of diazo groups is 1. The molecule has 0 heterocycles.